The van der Waals surface area contributed by atoms with Crippen LogP contribution in [0.25, 0.3) is 0 Å². The molecule has 0 radical (unpaired) electrons. The van der Waals surface area contributed by atoms with Gasteiger partial charge in [0.05, 0.1) is 6.26 Å². The minimum Gasteiger partial charge on any atom is -0.268 e. The molecule has 15 heavy (non-hydrogen) atoms. The highest BCUT2D eigenvalue weighted by Gasteiger charge is 2.11. The van der Waals surface area contributed by atoms with Gasteiger partial charge in [0.15, 0.2) is 0 Å². The number of halogens is 2. The Bertz CT molecular complexity index is 480. The summed E-state index contributed by atoms with van der Waals surface area (Å²) in [5.41, 5.74) is 0.305. The van der Waals surface area contributed by atoms with E-state index in [2.05, 4.69) is 15.9 Å². The molecule has 0 fully saturated rings. The lowest BCUT2D eigenvalue weighted by Gasteiger charge is -2.03. The highest BCUT2D eigenvalue weighted by Crippen LogP contribution is 2.17. The molecule has 0 saturated heterocycles. The lowest BCUT2D eigenvalue weighted by Crippen LogP contribution is -2.29. The van der Waals surface area contributed by atoms with Gasteiger partial charge in [-0.05, 0) is 40.8 Å². The Morgan fingerprint density at radius 3 is 2.47 bits per heavy atom. The van der Waals surface area contributed by atoms with Gasteiger partial charge in [0.2, 0.25) is 10.0 Å². The number of hydrogen-bond acceptors (Lipinski definition) is 3. The number of amides is 1. The van der Waals surface area contributed by atoms with Crippen LogP contribution in [-0.2, 0) is 10.0 Å². The quantitative estimate of drug-likeness (QED) is 0.765. The van der Waals surface area contributed by atoms with Crippen LogP contribution in [0.4, 0.5) is 0 Å². The SMILES string of the molecule is CS(=O)(=O)NC(=O)c1cc(Br)cc(I)c1. The number of hydrogen-bond donors (Lipinski definition) is 1. The van der Waals surface area contributed by atoms with Gasteiger partial charge < -0.3 is 0 Å². The first kappa shape index (κ1) is 12.9. The summed E-state index contributed by atoms with van der Waals surface area (Å²) in [4.78, 5) is 11.5. The van der Waals surface area contributed by atoms with Crippen LogP contribution in [0, 0.1) is 3.57 Å². The van der Waals surface area contributed by atoms with E-state index in [1.165, 1.54) is 0 Å². The number of sulfonamides is 1. The second-order valence-electron chi connectivity index (χ2n) is 2.86. The Kier molecular flexibility index (Phi) is 4.13. The fourth-order valence-electron chi connectivity index (χ4n) is 0.912. The van der Waals surface area contributed by atoms with E-state index in [0.29, 0.717) is 5.56 Å². The fourth-order valence-corrected chi connectivity index (χ4v) is 2.96. The van der Waals surface area contributed by atoms with Crippen molar-refractivity contribution in [3.8, 4) is 0 Å². The molecule has 0 spiro atoms. The van der Waals surface area contributed by atoms with E-state index in [-0.39, 0.29) is 0 Å². The van der Waals surface area contributed by atoms with Crippen molar-refractivity contribution >= 4 is 54.5 Å². The van der Waals surface area contributed by atoms with Gasteiger partial charge in [-0.3, -0.25) is 4.79 Å². The summed E-state index contributed by atoms with van der Waals surface area (Å²) in [6.07, 6.45) is 0.938. The molecule has 0 atom stereocenters. The lowest BCUT2D eigenvalue weighted by atomic mass is 10.2. The van der Waals surface area contributed by atoms with Crippen molar-refractivity contribution in [1.29, 1.82) is 0 Å². The molecular weight excluding hydrogens is 397 g/mol. The predicted molar refractivity (Wildman–Crippen MR) is 69.2 cm³/mol. The van der Waals surface area contributed by atoms with Crippen molar-refractivity contribution in [2.75, 3.05) is 6.26 Å². The average Bonchev–Trinajstić information content (AvgIpc) is 1.98. The molecule has 1 N–H and O–H groups in total. The molecule has 0 saturated carbocycles. The van der Waals surface area contributed by atoms with Crippen LogP contribution in [0.2, 0.25) is 0 Å². The molecule has 1 rings (SSSR count). The molecule has 0 aliphatic rings. The monoisotopic (exact) mass is 403 g/mol. The minimum absolute atomic E-state index is 0.305. The largest absolute Gasteiger partial charge is 0.268 e. The summed E-state index contributed by atoms with van der Waals surface area (Å²) in [7, 11) is -3.51. The van der Waals surface area contributed by atoms with Crippen LogP contribution in [-0.4, -0.2) is 20.6 Å². The van der Waals surface area contributed by atoms with Crippen LogP contribution in [0.3, 0.4) is 0 Å². The van der Waals surface area contributed by atoms with E-state index < -0.39 is 15.9 Å². The normalized spacial score (nSPS) is 11.1. The second-order valence-corrected chi connectivity index (χ2v) is 6.77. The second kappa shape index (κ2) is 4.79. The van der Waals surface area contributed by atoms with Crippen LogP contribution in [0.5, 0.6) is 0 Å². The number of nitrogens with one attached hydrogen (secondary N) is 1. The van der Waals surface area contributed by atoms with Gasteiger partial charge in [-0.25, -0.2) is 13.1 Å². The van der Waals surface area contributed by atoms with E-state index >= 15 is 0 Å². The van der Waals surface area contributed by atoms with E-state index in [1.54, 1.807) is 12.1 Å². The van der Waals surface area contributed by atoms with Gasteiger partial charge in [0.25, 0.3) is 5.91 Å². The Morgan fingerprint density at radius 2 is 2.00 bits per heavy atom. The summed E-state index contributed by atoms with van der Waals surface area (Å²) in [5, 5.41) is 0. The molecule has 82 valence electrons. The van der Waals surface area contributed by atoms with Crippen LogP contribution in [0.1, 0.15) is 10.4 Å². The highest BCUT2D eigenvalue weighted by atomic mass is 127. The summed E-state index contributed by atoms with van der Waals surface area (Å²) in [6.45, 7) is 0. The first-order valence-corrected chi connectivity index (χ1v) is 7.52. The Hall–Kier alpha value is -0.150. The van der Waals surface area contributed by atoms with Gasteiger partial charge in [-0.1, -0.05) is 15.9 Å². The summed E-state index contributed by atoms with van der Waals surface area (Å²) in [5.74, 6) is -0.628. The van der Waals surface area contributed by atoms with Gasteiger partial charge in [0.1, 0.15) is 0 Å². The third-order valence-electron chi connectivity index (χ3n) is 1.40. The zero-order valence-corrected chi connectivity index (χ0v) is 12.2. The first-order valence-electron chi connectivity index (χ1n) is 3.76. The van der Waals surface area contributed by atoms with Gasteiger partial charge in [0, 0.05) is 13.6 Å². The third-order valence-corrected chi connectivity index (χ3v) is 3.04. The number of carbonyl (C=O) groups is 1. The van der Waals surface area contributed by atoms with Crippen molar-refractivity contribution in [2.45, 2.75) is 0 Å². The topological polar surface area (TPSA) is 63.2 Å². The maximum atomic E-state index is 11.5. The van der Waals surface area contributed by atoms with Crippen molar-refractivity contribution in [1.82, 2.24) is 4.72 Å². The first-order chi connectivity index (χ1) is 6.78. The molecule has 1 aromatic rings. The molecule has 0 bridgehead atoms. The smallest absolute Gasteiger partial charge is 0.264 e. The number of benzene rings is 1. The number of rotatable bonds is 2. The van der Waals surface area contributed by atoms with Crippen LogP contribution in [0.15, 0.2) is 22.7 Å². The Balaban J connectivity index is 3.02. The molecule has 1 aromatic carbocycles. The Labute approximate surface area is 110 Å². The highest BCUT2D eigenvalue weighted by molar-refractivity contribution is 14.1. The van der Waals surface area contributed by atoms with Crippen molar-refractivity contribution in [3.05, 3.63) is 31.8 Å². The maximum Gasteiger partial charge on any atom is 0.264 e. The van der Waals surface area contributed by atoms with Gasteiger partial charge in [-0.2, -0.15) is 0 Å². The molecule has 0 aromatic heterocycles. The Morgan fingerprint density at radius 1 is 1.40 bits per heavy atom. The molecule has 0 heterocycles. The van der Waals surface area contributed by atoms with Gasteiger partial charge in [-0.15, -0.1) is 0 Å². The van der Waals surface area contributed by atoms with E-state index in [9.17, 15) is 13.2 Å². The minimum atomic E-state index is -3.51. The van der Waals surface area contributed by atoms with Crippen molar-refractivity contribution in [2.24, 2.45) is 0 Å². The predicted octanol–water partition coefficient (Wildman–Crippen LogP) is 1.74. The number of carbonyl (C=O) groups excluding carboxylic acids is 1. The van der Waals surface area contributed by atoms with Crippen molar-refractivity contribution < 1.29 is 13.2 Å². The van der Waals surface area contributed by atoms with E-state index in [1.807, 2.05) is 33.4 Å². The maximum absolute atomic E-state index is 11.5. The molecule has 7 heteroatoms. The molecule has 0 aliphatic heterocycles. The lowest BCUT2D eigenvalue weighted by molar-refractivity contribution is 0.0981. The molecule has 0 aliphatic carbocycles. The summed E-state index contributed by atoms with van der Waals surface area (Å²) in [6, 6.07) is 4.98. The fraction of sp³-hybridized carbons (Fsp3) is 0.125. The average molecular weight is 404 g/mol. The molecule has 1 amide bonds. The summed E-state index contributed by atoms with van der Waals surface area (Å²) >= 11 is 5.27. The molecule has 4 nitrogen and oxygen atoms in total. The zero-order valence-electron chi connectivity index (χ0n) is 7.62. The third kappa shape index (κ3) is 4.47. The molecule has 0 unspecified atom stereocenters. The standard InChI is InChI=1S/C8H7BrINO3S/c1-15(13,14)11-8(12)5-2-6(9)4-7(10)3-5/h2-4H,1H3,(H,11,12). The summed E-state index contributed by atoms with van der Waals surface area (Å²) < 4.78 is 25.2. The van der Waals surface area contributed by atoms with Crippen LogP contribution < -0.4 is 4.72 Å². The van der Waals surface area contributed by atoms with Crippen molar-refractivity contribution in [3.63, 3.8) is 0 Å². The van der Waals surface area contributed by atoms with Gasteiger partial charge >= 0.3 is 0 Å². The zero-order chi connectivity index (χ0) is 11.6. The molecular formula is C8H7BrINO3S. The van der Waals surface area contributed by atoms with E-state index in [0.717, 1.165) is 14.3 Å². The van der Waals surface area contributed by atoms with Crippen LogP contribution >= 0.6 is 38.5 Å². The van der Waals surface area contributed by atoms with E-state index in [4.69, 9.17) is 0 Å².